The second-order valence-corrected chi connectivity index (χ2v) is 5.03. The summed E-state index contributed by atoms with van der Waals surface area (Å²) in [6.07, 6.45) is 4.75. The Hall–Kier alpha value is -0.120. The molecular formula is C13H27NO2. The molecule has 0 saturated heterocycles. The van der Waals surface area contributed by atoms with Crippen molar-refractivity contribution < 1.29 is 9.47 Å². The van der Waals surface area contributed by atoms with E-state index in [4.69, 9.17) is 15.2 Å². The number of hydrogen-bond donors (Lipinski definition) is 1. The van der Waals surface area contributed by atoms with Crippen LogP contribution >= 0.6 is 0 Å². The molecule has 3 heteroatoms. The number of hydrogen-bond acceptors (Lipinski definition) is 3. The second-order valence-electron chi connectivity index (χ2n) is 5.03. The summed E-state index contributed by atoms with van der Waals surface area (Å²) < 4.78 is 11.3. The van der Waals surface area contributed by atoms with Crippen LogP contribution in [-0.2, 0) is 9.47 Å². The zero-order chi connectivity index (χ0) is 12.0. The first-order valence-electron chi connectivity index (χ1n) is 6.60. The second kappa shape index (κ2) is 6.58. The van der Waals surface area contributed by atoms with Crippen molar-refractivity contribution in [3.8, 4) is 0 Å². The highest BCUT2D eigenvalue weighted by Gasteiger charge is 2.49. The summed E-state index contributed by atoms with van der Waals surface area (Å²) in [4.78, 5) is 0. The van der Waals surface area contributed by atoms with Crippen molar-refractivity contribution in [2.75, 3.05) is 19.8 Å². The molecule has 3 unspecified atom stereocenters. The SMILES string of the molecule is CCCCOCCOC1CC(N)C1(C)CC. The molecule has 3 atom stereocenters. The molecule has 1 aliphatic carbocycles. The molecular weight excluding hydrogens is 202 g/mol. The predicted octanol–water partition coefficient (Wildman–Crippen LogP) is 2.34. The van der Waals surface area contributed by atoms with E-state index in [1.54, 1.807) is 0 Å². The molecule has 0 bridgehead atoms. The number of ether oxygens (including phenoxy) is 2. The van der Waals surface area contributed by atoms with Gasteiger partial charge in [0.05, 0.1) is 19.3 Å². The molecule has 2 N–H and O–H groups in total. The first kappa shape index (κ1) is 13.9. The van der Waals surface area contributed by atoms with Gasteiger partial charge in [0, 0.05) is 18.1 Å². The maximum Gasteiger partial charge on any atom is 0.0704 e. The van der Waals surface area contributed by atoms with Crippen molar-refractivity contribution in [3.63, 3.8) is 0 Å². The third-order valence-corrected chi connectivity index (χ3v) is 4.00. The highest BCUT2D eigenvalue weighted by molar-refractivity contribution is 5.02. The molecule has 0 spiro atoms. The van der Waals surface area contributed by atoms with Crippen molar-refractivity contribution in [1.82, 2.24) is 0 Å². The summed E-state index contributed by atoms with van der Waals surface area (Å²) in [5, 5.41) is 0. The van der Waals surface area contributed by atoms with Gasteiger partial charge in [-0.1, -0.05) is 27.2 Å². The zero-order valence-electron chi connectivity index (χ0n) is 11.0. The van der Waals surface area contributed by atoms with Crippen LogP contribution in [0.3, 0.4) is 0 Å². The number of rotatable bonds is 8. The summed E-state index contributed by atoms with van der Waals surface area (Å²) in [5.41, 5.74) is 6.20. The van der Waals surface area contributed by atoms with Crippen LogP contribution in [0, 0.1) is 5.41 Å². The van der Waals surface area contributed by atoms with Crippen LogP contribution in [0.1, 0.15) is 46.5 Å². The van der Waals surface area contributed by atoms with Crippen LogP contribution in [0.2, 0.25) is 0 Å². The Morgan fingerprint density at radius 1 is 1.25 bits per heavy atom. The first-order valence-corrected chi connectivity index (χ1v) is 6.60. The average molecular weight is 229 g/mol. The maximum atomic E-state index is 6.02. The molecule has 0 amide bonds. The third kappa shape index (κ3) is 3.19. The molecule has 0 radical (unpaired) electrons. The Morgan fingerprint density at radius 3 is 2.56 bits per heavy atom. The van der Waals surface area contributed by atoms with E-state index in [1.165, 1.54) is 6.42 Å². The van der Waals surface area contributed by atoms with E-state index < -0.39 is 0 Å². The summed E-state index contributed by atoms with van der Waals surface area (Å²) in [5.74, 6) is 0. The van der Waals surface area contributed by atoms with Crippen LogP contribution in [-0.4, -0.2) is 32.0 Å². The number of unbranched alkanes of at least 4 members (excludes halogenated alkanes) is 1. The Bertz CT molecular complexity index is 198. The minimum atomic E-state index is 0.184. The van der Waals surface area contributed by atoms with Gasteiger partial charge < -0.3 is 15.2 Å². The van der Waals surface area contributed by atoms with E-state index in [2.05, 4.69) is 20.8 Å². The molecule has 1 rings (SSSR count). The Labute approximate surface area is 99.7 Å². The van der Waals surface area contributed by atoms with Crippen LogP contribution < -0.4 is 5.73 Å². The van der Waals surface area contributed by atoms with E-state index >= 15 is 0 Å². The van der Waals surface area contributed by atoms with Gasteiger partial charge in [-0.2, -0.15) is 0 Å². The number of nitrogens with two attached hydrogens (primary N) is 1. The van der Waals surface area contributed by atoms with Gasteiger partial charge in [0.15, 0.2) is 0 Å². The molecule has 0 aromatic heterocycles. The van der Waals surface area contributed by atoms with Crippen molar-refractivity contribution in [2.45, 2.75) is 58.6 Å². The summed E-state index contributed by atoms with van der Waals surface area (Å²) >= 11 is 0. The molecule has 1 aliphatic rings. The van der Waals surface area contributed by atoms with E-state index in [9.17, 15) is 0 Å². The predicted molar refractivity (Wildman–Crippen MR) is 66.5 cm³/mol. The molecule has 1 saturated carbocycles. The van der Waals surface area contributed by atoms with Crippen LogP contribution in [0.4, 0.5) is 0 Å². The molecule has 1 fully saturated rings. The fourth-order valence-corrected chi connectivity index (χ4v) is 2.19. The molecule has 0 aromatic rings. The zero-order valence-corrected chi connectivity index (χ0v) is 11.0. The Kier molecular flexibility index (Phi) is 5.73. The highest BCUT2D eigenvalue weighted by Crippen LogP contribution is 2.44. The topological polar surface area (TPSA) is 44.5 Å². The Morgan fingerprint density at radius 2 is 2.00 bits per heavy atom. The smallest absolute Gasteiger partial charge is 0.0704 e. The average Bonchev–Trinajstić information content (AvgIpc) is 2.31. The lowest BCUT2D eigenvalue weighted by molar-refractivity contribution is -0.128. The largest absolute Gasteiger partial charge is 0.379 e. The molecule has 0 aliphatic heterocycles. The van der Waals surface area contributed by atoms with E-state index in [0.29, 0.717) is 25.4 Å². The minimum Gasteiger partial charge on any atom is -0.379 e. The lowest BCUT2D eigenvalue weighted by atomic mass is 9.62. The molecule has 3 nitrogen and oxygen atoms in total. The lowest BCUT2D eigenvalue weighted by Crippen LogP contribution is -2.60. The quantitative estimate of drug-likeness (QED) is 0.650. The third-order valence-electron chi connectivity index (χ3n) is 4.00. The molecule has 0 aromatic carbocycles. The van der Waals surface area contributed by atoms with E-state index in [-0.39, 0.29) is 5.41 Å². The Balaban J connectivity index is 2.06. The minimum absolute atomic E-state index is 0.184. The van der Waals surface area contributed by atoms with Gasteiger partial charge in [-0.05, 0) is 19.3 Å². The van der Waals surface area contributed by atoms with E-state index in [0.717, 1.165) is 25.9 Å². The standard InChI is InChI=1S/C13H27NO2/c1-4-6-7-15-8-9-16-12-10-11(14)13(12,3)5-2/h11-12H,4-10,14H2,1-3H3. The van der Waals surface area contributed by atoms with Gasteiger partial charge in [-0.15, -0.1) is 0 Å². The molecule has 0 heterocycles. The van der Waals surface area contributed by atoms with Gasteiger partial charge in [0.1, 0.15) is 0 Å². The van der Waals surface area contributed by atoms with Crippen molar-refractivity contribution in [2.24, 2.45) is 11.1 Å². The van der Waals surface area contributed by atoms with Crippen LogP contribution in [0.25, 0.3) is 0 Å². The fourth-order valence-electron chi connectivity index (χ4n) is 2.19. The van der Waals surface area contributed by atoms with Crippen molar-refractivity contribution in [1.29, 1.82) is 0 Å². The van der Waals surface area contributed by atoms with Crippen LogP contribution in [0.15, 0.2) is 0 Å². The van der Waals surface area contributed by atoms with Gasteiger partial charge in [-0.25, -0.2) is 0 Å². The summed E-state index contributed by atoms with van der Waals surface area (Å²) in [6.45, 7) is 8.86. The van der Waals surface area contributed by atoms with E-state index in [1.807, 2.05) is 0 Å². The van der Waals surface area contributed by atoms with Gasteiger partial charge >= 0.3 is 0 Å². The maximum absolute atomic E-state index is 6.02. The summed E-state index contributed by atoms with van der Waals surface area (Å²) in [7, 11) is 0. The summed E-state index contributed by atoms with van der Waals surface area (Å²) in [6, 6.07) is 0.309. The highest BCUT2D eigenvalue weighted by atomic mass is 16.5. The van der Waals surface area contributed by atoms with Gasteiger partial charge in [0.25, 0.3) is 0 Å². The molecule has 96 valence electrons. The monoisotopic (exact) mass is 229 g/mol. The first-order chi connectivity index (χ1) is 7.65. The molecule has 16 heavy (non-hydrogen) atoms. The van der Waals surface area contributed by atoms with Gasteiger partial charge in [-0.3, -0.25) is 0 Å². The lowest BCUT2D eigenvalue weighted by Gasteiger charge is -2.51. The van der Waals surface area contributed by atoms with Crippen LogP contribution in [0.5, 0.6) is 0 Å². The normalized spacial score (nSPS) is 33.8. The van der Waals surface area contributed by atoms with Gasteiger partial charge in [0.2, 0.25) is 0 Å². The van der Waals surface area contributed by atoms with Crippen molar-refractivity contribution >= 4 is 0 Å². The van der Waals surface area contributed by atoms with Crippen molar-refractivity contribution in [3.05, 3.63) is 0 Å². The fraction of sp³-hybridized carbons (Fsp3) is 1.00.